The van der Waals surface area contributed by atoms with Crippen LogP contribution in [-0.2, 0) is 35.2 Å². The maximum absolute atomic E-state index is 13.5. The number of rotatable bonds is 17. The number of carbonyl (C=O) groups is 6. The quantitative estimate of drug-likeness (QED) is 0.118. The second-order valence-corrected chi connectivity index (χ2v) is 10.3. The highest BCUT2D eigenvalue weighted by atomic mass is 16.4. The number of nitrogens with one attached hydrogen (secondary N) is 4. The van der Waals surface area contributed by atoms with Crippen LogP contribution in [0.2, 0.25) is 0 Å². The normalized spacial score (nSPS) is 14.0. The van der Waals surface area contributed by atoms with Gasteiger partial charge in [-0.05, 0) is 36.8 Å². The number of primary amides is 2. The van der Waals surface area contributed by atoms with E-state index in [0.29, 0.717) is 12.0 Å². The molecule has 0 aliphatic carbocycles. The van der Waals surface area contributed by atoms with Crippen molar-refractivity contribution in [2.45, 2.75) is 76.5 Å². The van der Waals surface area contributed by atoms with Gasteiger partial charge in [-0.1, -0.05) is 32.0 Å². The summed E-state index contributed by atoms with van der Waals surface area (Å²) < 4.78 is 0. The second kappa shape index (κ2) is 15.4. The topological polar surface area (TPSA) is 253 Å². The van der Waals surface area contributed by atoms with Crippen LogP contribution in [0.4, 0.5) is 0 Å². The molecule has 0 bridgehead atoms. The average Bonchev–Trinajstić information content (AvgIpc) is 3.30. The van der Waals surface area contributed by atoms with Crippen molar-refractivity contribution in [3.8, 4) is 0 Å². The number of carbonyl (C=O) groups excluding carboxylic acids is 5. The molecule has 0 fully saturated rings. The summed E-state index contributed by atoms with van der Waals surface area (Å²) in [4.78, 5) is 76.8. The van der Waals surface area contributed by atoms with Crippen LogP contribution in [0.5, 0.6) is 0 Å². The maximum Gasteiger partial charge on any atom is 0.326 e. The second-order valence-electron chi connectivity index (χ2n) is 10.3. The summed E-state index contributed by atoms with van der Waals surface area (Å²) in [5.41, 5.74) is 17.9. The highest BCUT2D eigenvalue weighted by Crippen LogP contribution is 2.19. The standard InChI is InChI=1S/C27H39N7O7/c1-14(2)11-17(28)24(37)34-21(12-15-13-31-18-6-4-3-5-16(15)18)26(39)32-19(7-9-22(29)35)25(38)33-20(27(40)41)8-10-23(30)36/h3-6,13-14,17,19-21,31H,7-12,28H2,1-2H3,(H2,29,35)(H2,30,36)(H,32,39)(H,33,38)(H,34,37)(H,40,41). The minimum atomic E-state index is -1.47. The van der Waals surface area contributed by atoms with Crippen molar-refractivity contribution in [2.75, 3.05) is 0 Å². The summed E-state index contributed by atoms with van der Waals surface area (Å²) in [6.45, 7) is 3.80. The predicted octanol–water partition coefficient (Wildman–Crippen LogP) is -0.846. The van der Waals surface area contributed by atoms with Gasteiger partial charge in [-0.15, -0.1) is 0 Å². The van der Waals surface area contributed by atoms with Crippen LogP contribution in [0.1, 0.15) is 51.5 Å². The van der Waals surface area contributed by atoms with E-state index in [1.165, 1.54) is 0 Å². The first-order valence-electron chi connectivity index (χ1n) is 13.3. The van der Waals surface area contributed by atoms with Gasteiger partial charge in [-0.25, -0.2) is 4.79 Å². The summed E-state index contributed by atoms with van der Waals surface area (Å²) in [7, 11) is 0. The molecule has 11 N–H and O–H groups in total. The molecule has 0 aliphatic rings. The molecule has 1 aromatic heterocycles. The molecule has 0 radical (unpaired) electrons. The fourth-order valence-electron chi connectivity index (χ4n) is 4.27. The van der Waals surface area contributed by atoms with E-state index < -0.39 is 59.7 Å². The lowest BCUT2D eigenvalue weighted by Crippen LogP contribution is -2.57. The van der Waals surface area contributed by atoms with Crippen LogP contribution in [-0.4, -0.2) is 69.8 Å². The van der Waals surface area contributed by atoms with Crippen molar-refractivity contribution in [3.63, 3.8) is 0 Å². The number of aromatic amines is 1. The lowest BCUT2D eigenvalue weighted by Gasteiger charge is -2.25. The Bertz CT molecular complexity index is 1260. The highest BCUT2D eigenvalue weighted by molar-refractivity contribution is 5.95. The van der Waals surface area contributed by atoms with Crippen molar-refractivity contribution in [2.24, 2.45) is 23.1 Å². The fraction of sp³-hybridized carbons (Fsp3) is 0.481. The van der Waals surface area contributed by atoms with Gasteiger partial charge < -0.3 is 43.2 Å². The molecule has 1 heterocycles. The number of H-pyrrole nitrogens is 1. The Morgan fingerprint density at radius 2 is 1.37 bits per heavy atom. The fourth-order valence-corrected chi connectivity index (χ4v) is 4.27. The maximum atomic E-state index is 13.5. The zero-order chi connectivity index (χ0) is 30.7. The number of para-hydroxylation sites is 1. The molecule has 14 nitrogen and oxygen atoms in total. The van der Waals surface area contributed by atoms with Crippen LogP contribution < -0.4 is 33.2 Å². The largest absolute Gasteiger partial charge is 0.480 e. The Morgan fingerprint density at radius 3 is 1.95 bits per heavy atom. The summed E-state index contributed by atoms with van der Waals surface area (Å²) in [5, 5.41) is 17.7. The van der Waals surface area contributed by atoms with Gasteiger partial charge in [-0.2, -0.15) is 0 Å². The number of nitrogens with two attached hydrogens (primary N) is 3. The van der Waals surface area contributed by atoms with E-state index >= 15 is 0 Å². The first kappa shape index (κ1) is 32.8. The first-order valence-corrected chi connectivity index (χ1v) is 13.3. The van der Waals surface area contributed by atoms with Crippen molar-refractivity contribution < 1.29 is 33.9 Å². The van der Waals surface area contributed by atoms with Crippen molar-refractivity contribution in [1.29, 1.82) is 0 Å². The molecule has 41 heavy (non-hydrogen) atoms. The number of carboxylic acid groups (broad SMARTS) is 1. The number of hydrogen-bond donors (Lipinski definition) is 8. The zero-order valence-corrected chi connectivity index (χ0v) is 23.1. The number of hydrogen-bond acceptors (Lipinski definition) is 7. The van der Waals surface area contributed by atoms with E-state index in [9.17, 15) is 33.9 Å². The van der Waals surface area contributed by atoms with Crippen LogP contribution in [0.15, 0.2) is 30.5 Å². The first-order chi connectivity index (χ1) is 19.3. The van der Waals surface area contributed by atoms with Crippen LogP contribution in [0.25, 0.3) is 10.9 Å². The molecule has 224 valence electrons. The molecule has 0 saturated carbocycles. The third-order valence-electron chi connectivity index (χ3n) is 6.40. The summed E-state index contributed by atoms with van der Waals surface area (Å²) in [6, 6.07) is 2.46. The zero-order valence-electron chi connectivity index (χ0n) is 23.1. The number of aliphatic carboxylic acids is 1. The molecule has 0 aliphatic heterocycles. The van der Waals surface area contributed by atoms with E-state index in [4.69, 9.17) is 17.2 Å². The number of fused-ring (bicyclic) bond motifs is 1. The molecular formula is C27H39N7O7. The van der Waals surface area contributed by atoms with Crippen molar-refractivity contribution in [3.05, 3.63) is 36.0 Å². The van der Waals surface area contributed by atoms with Gasteiger partial charge in [0, 0.05) is 36.4 Å². The summed E-state index contributed by atoms with van der Waals surface area (Å²) in [5.74, 6) is -5.02. The highest BCUT2D eigenvalue weighted by Gasteiger charge is 2.31. The van der Waals surface area contributed by atoms with E-state index in [2.05, 4.69) is 20.9 Å². The third kappa shape index (κ3) is 10.6. The molecule has 2 aromatic rings. The van der Waals surface area contributed by atoms with Gasteiger partial charge in [-0.3, -0.25) is 24.0 Å². The number of aromatic nitrogens is 1. The molecule has 0 saturated heterocycles. The smallest absolute Gasteiger partial charge is 0.326 e. The molecule has 4 atom stereocenters. The molecule has 4 unspecified atom stereocenters. The SMILES string of the molecule is CC(C)CC(N)C(=O)NC(Cc1c[nH]c2ccccc12)C(=O)NC(CCC(N)=O)C(=O)NC(CCC(N)=O)C(=O)O. The van der Waals surface area contributed by atoms with Gasteiger partial charge in [0.2, 0.25) is 29.5 Å². The Morgan fingerprint density at radius 1 is 0.829 bits per heavy atom. The Balaban J connectivity index is 2.31. The van der Waals surface area contributed by atoms with Gasteiger partial charge in [0.15, 0.2) is 0 Å². The van der Waals surface area contributed by atoms with Gasteiger partial charge in [0.1, 0.15) is 18.1 Å². The number of benzene rings is 1. The lowest BCUT2D eigenvalue weighted by molar-refractivity contribution is -0.142. The third-order valence-corrected chi connectivity index (χ3v) is 6.40. The van der Waals surface area contributed by atoms with Gasteiger partial charge in [0.25, 0.3) is 0 Å². The molecule has 5 amide bonds. The molecule has 1 aromatic carbocycles. The summed E-state index contributed by atoms with van der Waals surface area (Å²) >= 11 is 0. The van der Waals surface area contributed by atoms with Gasteiger partial charge >= 0.3 is 5.97 Å². The molecular weight excluding hydrogens is 534 g/mol. The summed E-state index contributed by atoms with van der Waals surface area (Å²) in [6.07, 6.45) is 1.00. The van der Waals surface area contributed by atoms with E-state index in [1.807, 2.05) is 38.1 Å². The minimum absolute atomic E-state index is 0.0382. The average molecular weight is 574 g/mol. The van der Waals surface area contributed by atoms with E-state index in [-0.39, 0.29) is 38.0 Å². The minimum Gasteiger partial charge on any atom is -0.480 e. The van der Waals surface area contributed by atoms with Crippen molar-refractivity contribution >= 4 is 46.4 Å². The molecule has 14 heteroatoms. The van der Waals surface area contributed by atoms with Gasteiger partial charge in [0.05, 0.1) is 6.04 Å². The Kier molecular flexibility index (Phi) is 12.3. The van der Waals surface area contributed by atoms with Crippen LogP contribution in [0, 0.1) is 5.92 Å². The van der Waals surface area contributed by atoms with E-state index in [1.54, 1.807) is 6.20 Å². The number of amides is 5. The molecule has 2 rings (SSSR count). The van der Waals surface area contributed by atoms with E-state index in [0.717, 1.165) is 10.9 Å². The Labute approximate surface area is 237 Å². The van der Waals surface area contributed by atoms with Crippen LogP contribution in [0.3, 0.4) is 0 Å². The van der Waals surface area contributed by atoms with Crippen molar-refractivity contribution in [1.82, 2.24) is 20.9 Å². The lowest BCUT2D eigenvalue weighted by atomic mass is 10.0. The molecule has 0 spiro atoms. The Hall–Kier alpha value is -4.46. The number of carboxylic acids is 1. The monoisotopic (exact) mass is 573 g/mol. The van der Waals surface area contributed by atoms with Crippen LogP contribution >= 0.6 is 0 Å². The predicted molar refractivity (Wildman–Crippen MR) is 150 cm³/mol.